The molecule has 0 nitrogen and oxygen atoms in total. The van der Waals surface area contributed by atoms with Gasteiger partial charge in [-0.3, -0.25) is 0 Å². The molecule has 0 aromatic carbocycles. The minimum Gasteiger partial charge on any atom is 0 e. The molecule has 0 bridgehead atoms. The molecule has 21 valence electrons. The Balaban J connectivity index is 0. The highest BCUT2D eigenvalue weighted by Gasteiger charge is 0.0814. The Labute approximate surface area is 38.9 Å². The fraction of sp³-hybridized carbons (Fsp3) is 0. The Morgan fingerprint density at radius 2 is 0.500 bits per heavy atom. The first-order chi connectivity index (χ1) is 0. The summed E-state index contributed by atoms with van der Waals surface area (Å²) in [6.45, 7) is 0. The number of rotatable bonds is 0. The van der Waals surface area contributed by atoms with E-state index >= 15 is 0 Å². The van der Waals surface area contributed by atoms with E-state index in [2.05, 4.69) is 0 Å². The van der Waals surface area contributed by atoms with Crippen LogP contribution in [-0.4, -0.2) is 8.41 Å². The molecule has 0 atom stereocenters. The molecule has 0 saturated heterocycles. The summed E-state index contributed by atoms with van der Waals surface area (Å²) in [4.78, 5) is 0. The largest absolute Gasteiger partial charge is 0.0814 e. The molecule has 0 spiro atoms. The van der Waals surface area contributed by atoms with Gasteiger partial charge in [0.15, 0.2) is 0 Å². The molecule has 0 amide bonds. The van der Waals surface area contributed by atoms with Gasteiger partial charge in [0.05, 0.1) is 8.41 Å². The first-order valence-electron chi connectivity index (χ1n) is 0. The second kappa shape index (κ2) is 26.7. The van der Waals surface area contributed by atoms with Crippen LogP contribution in [0.3, 0.4) is 0 Å². The summed E-state index contributed by atoms with van der Waals surface area (Å²) in [5.41, 5.74) is 0. The normalized spacial score (nSPS) is 0. The van der Waals surface area contributed by atoms with Gasteiger partial charge in [-0.25, -0.2) is 0 Å². The molecule has 0 aliphatic carbocycles. The molecule has 0 aromatic rings. The Hall–Kier alpha value is 1.35. The van der Waals surface area contributed by atoms with E-state index in [1.54, 1.807) is 0 Å². The predicted octanol–water partition coefficient (Wildman–Crippen LogP) is 1.40. The zero-order valence-corrected chi connectivity index (χ0v) is 4.02. The maximum absolute atomic E-state index is 0. The second-order valence-corrected chi connectivity index (χ2v) is 0. The Kier molecular flexibility index (Phi) is 369. The molecule has 0 heterocycles. The van der Waals surface area contributed by atoms with E-state index in [-0.39, 0.29) is 38.1 Å². The lowest BCUT2D eigenvalue weighted by atomic mass is 10.8. The van der Waals surface area contributed by atoms with E-state index < -0.39 is 0 Å². The van der Waals surface area contributed by atoms with Gasteiger partial charge in [0.1, 0.15) is 0 Å². The van der Waals surface area contributed by atoms with Crippen LogP contribution in [0.15, 0.2) is 0 Å². The highest BCUT2D eigenvalue weighted by Crippen LogP contribution is 0.863. The van der Waals surface area contributed by atoms with Crippen LogP contribution in [-0.2, 0) is 0 Å². The Bertz CT molecular complexity index is 3.25. The van der Waals surface area contributed by atoms with Crippen LogP contribution in [0.25, 0.3) is 0 Å². The molecule has 0 fully saturated rings. The average Bonchev–Trinajstić information content (AvgIpc) is 0. The van der Waals surface area contributed by atoms with Crippen molar-refractivity contribution < 1.29 is 0 Å². The summed E-state index contributed by atoms with van der Waals surface area (Å²) in [5.74, 6) is 0. The summed E-state index contributed by atoms with van der Waals surface area (Å²) in [6.07, 6.45) is 0. The molecule has 4 heteroatoms. The average molecular weight is 107 g/mol. The van der Waals surface area contributed by atoms with Gasteiger partial charge in [-0.1, -0.05) is 0 Å². The van der Waals surface area contributed by atoms with Crippen LogP contribution in [0, 0.1) is 0 Å². The van der Waals surface area contributed by atoms with Crippen LogP contribution in [0.5, 0.6) is 0 Å². The van der Waals surface area contributed by atoms with Gasteiger partial charge in [0, 0.05) is 29.7 Å². The molecule has 0 aliphatic rings. The van der Waals surface area contributed by atoms with Crippen molar-refractivity contribution in [2.24, 2.45) is 0 Å². The van der Waals surface area contributed by atoms with Crippen LogP contribution in [0.1, 0.15) is 0 Å². The van der Waals surface area contributed by atoms with Crippen molar-refractivity contribution in [2.45, 2.75) is 0 Å². The molecular weight excluding hydrogens is 104 g/mol. The Morgan fingerprint density at radius 1 is 0.500 bits per heavy atom. The lowest BCUT2D eigenvalue weighted by Crippen LogP contribution is -0.381. The van der Waals surface area contributed by atoms with E-state index in [1.165, 1.54) is 0 Å². The van der Waals surface area contributed by atoms with Crippen molar-refractivity contribution in [1.29, 1.82) is 0 Å². The van der Waals surface area contributed by atoms with E-state index in [0.29, 0.717) is 0 Å². The van der Waals surface area contributed by atoms with Gasteiger partial charge >= 0.3 is 0 Å². The summed E-state index contributed by atoms with van der Waals surface area (Å²) in [5, 5.41) is 0. The Morgan fingerprint density at radius 3 is 0.500 bits per heavy atom. The van der Waals surface area contributed by atoms with Crippen LogP contribution >= 0.6 is 29.7 Å². The lowest BCUT2D eigenvalue weighted by Gasteiger charge is -0.00100. The van der Waals surface area contributed by atoms with Crippen molar-refractivity contribution in [3.8, 4) is 0 Å². The van der Waals surface area contributed by atoms with Crippen molar-refractivity contribution in [2.75, 3.05) is 0 Å². The minimum atomic E-state index is 0. The van der Waals surface area contributed by atoms with Gasteiger partial charge in [-0.05, 0) is 0 Å². The van der Waals surface area contributed by atoms with Crippen LogP contribution in [0.2, 0.25) is 0 Å². The highest BCUT2D eigenvalue weighted by molar-refractivity contribution is 6.92. The zero-order valence-electron chi connectivity index (χ0n) is 1.34. The smallest absolute Gasteiger partial charge is 0 e. The van der Waals surface area contributed by atoms with E-state index in [1.807, 2.05) is 0 Å². The highest BCUT2D eigenvalue weighted by atomic mass is 31.0. The summed E-state index contributed by atoms with van der Waals surface area (Å²) in [6, 6.07) is 0. The molecule has 0 N–H and O–H groups in total. The summed E-state index contributed by atoms with van der Waals surface area (Å²) >= 11 is 0. The van der Waals surface area contributed by atoms with Gasteiger partial charge < -0.3 is 0 Å². The SMILES string of the molecule is B.[P].[P].[P]. The molecule has 9 radical (unpaired) electrons. The van der Waals surface area contributed by atoms with Crippen LogP contribution < -0.4 is 0 Å². The second-order valence-electron chi connectivity index (χ2n) is 0. The minimum absolute atomic E-state index is 0. The maximum Gasteiger partial charge on any atom is 0.0814 e. The van der Waals surface area contributed by atoms with Crippen molar-refractivity contribution in [1.82, 2.24) is 0 Å². The molecule has 0 unspecified atom stereocenters. The van der Waals surface area contributed by atoms with Crippen molar-refractivity contribution >= 4 is 38.1 Å². The molecule has 0 rings (SSSR count). The molecule has 4 heavy (non-hydrogen) atoms. The van der Waals surface area contributed by atoms with E-state index in [4.69, 9.17) is 0 Å². The molecular formula is H3BP3. The fourth-order valence-electron chi connectivity index (χ4n) is 0. The number of hydrogen-bond donors (Lipinski definition) is 0. The molecule has 0 aromatic heterocycles. The third-order valence-corrected chi connectivity index (χ3v) is 0. The fourth-order valence-corrected chi connectivity index (χ4v) is 0. The first kappa shape index (κ1) is 55.3. The van der Waals surface area contributed by atoms with Crippen molar-refractivity contribution in [3.05, 3.63) is 0 Å². The van der Waals surface area contributed by atoms with Gasteiger partial charge in [0.25, 0.3) is 0 Å². The van der Waals surface area contributed by atoms with E-state index in [9.17, 15) is 0 Å². The predicted molar refractivity (Wildman–Crippen MR) is 30.7 cm³/mol. The summed E-state index contributed by atoms with van der Waals surface area (Å²) in [7, 11) is 0. The summed E-state index contributed by atoms with van der Waals surface area (Å²) < 4.78 is 0. The van der Waals surface area contributed by atoms with Gasteiger partial charge in [-0.2, -0.15) is 0 Å². The number of hydrogen-bond acceptors (Lipinski definition) is 0. The zero-order chi connectivity index (χ0) is 0. The van der Waals surface area contributed by atoms with Crippen molar-refractivity contribution in [3.63, 3.8) is 0 Å². The van der Waals surface area contributed by atoms with Gasteiger partial charge in [-0.15, -0.1) is 0 Å². The third kappa shape index (κ3) is 10.1. The topological polar surface area (TPSA) is 0 Å². The quantitative estimate of drug-likeness (QED) is 0.324. The first-order valence-corrected chi connectivity index (χ1v) is 0. The maximum atomic E-state index is 0. The van der Waals surface area contributed by atoms with E-state index in [0.717, 1.165) is 0 Å². The monoisotopic (exact) mass is 107 g/mol. The van der Waals surface area contributed by atoms with Crippen LogP contribution in [0.4, 0.5) is 0 Å². The molecule has 0 saturated carbocycles. The lowest BCUT2D eigenvalue weighted by molar-refractivity contribution is 5.75. The van der Waals surface area contributed by atoms with Gasteiger partial charge in [0.2, 0.25) is 0 Å². The third-order valence-electron chi connectivity index (χ3n) is 0. The molecule has 0 aliphatic heterocycles. The standard InChI is InChI=1S/BH3.3P/h1H3;;;.